The van der Waals surface area contributed by atoms with Gasteiger partial charge in [-0.2, -0.15) is 0 Å². The monoisotopic (exact) mass is 451 g/mol. The van der Waals surface area contributed by atoms with E-state index < -0.39 is 5.60 Å². The lowest BCUT2D eigenvalue weighted by Gasteiger charge is -2.26. The molecule has 33 heavy (non-hydrogen) atoms. The van der Waals surface area contributed by atoms with Crippen LogP contribution >= 0.6 is 0 Å². The summed E-state index contributed by atoms with van der Waals surface area (Å²) in [7, 11) is 0. The molecule has 0 N–H and O–H groups in total. The maximum atomic E-state index is 13.4. The van der Waals surface area contributed by atoms with Crippen LogP contribution in [0, 0.1) is 0 Å². The van der Waals surface area contributed by atoms with Gasteiger partial charge in [0, 0.05) is 38.3 Å². The molecule has 0 bridgehead atoms. The molecule has 5 rings (SSSR count). The van der Waals surface area contributed by atoms with Crippen LogP contribution in [0.3, 0.4) is 0 Å². The summed E-state index contributed by atoms with van der Waals surface area (Å²) in [5, 5.41) is 0. The lowest BCUT2D eigenvalue weighted by molar-refractivity contribution is 0.0321. The molecule has 2 aromatic carbocycles. The highest BCUT2D eigenvalue weighted by molar-refractivity contribution is 5.97. The number of rotatable bonds is 6. The second-order valence-electron chi connectivity index (χ2n) is 8.75. The fourth-order valence-corrected chi connectivity index (χ4v) is 4.71. The number of hydrogen-bond acceptors (Lipinski definition) is 6. The van der Waals surface area contributed by atoms with Crippen molar-refractivity contribution < 1.29 is 23.8 Å². The molecule has 3 heterocycles. The van der Waals surface area contributed by atoms with Gasteiger partial charge < -0.3 is 19.1 Å². The van der Waals surface area contributed by atoms with Gasteiger partial charge in [0.05, 0.1) is 31.9 Å². The van der Waals surface area contributed by atoms with Crippen molar-refractivity contribution >= 4 is 17.7 Å². The molecule has 3 aliphatic heterocycles. The number of carbonyl (C=O) groups excluding carboxylic acids is 2. The largest absolute Gasteiger partial charge is 0.491 e. The van der Waals surface area contributed by atoms with Crippen molar-refractivity contribution in [2.75, 3.05) is 64.0 Å². The lowest BCUT2D eigenvalue weighted by Crippen LogP contribution is -2.40. The number of hydrogen-bond donors (Lipinski definition) is 0. The Kier molecular flexibility index (Phi) is 6.20. The van der Waals surface area contributed by atoms with E-state index in [9.17, 15) is 9.59 Å². The molecule has 0 unspecified atom stereocenters. The third-order valence-electron chi connectivity index (χ3n) is 6.53. The Morgan fingerprint density at radius 3 is 2.55 bits per heavy atom. The SMILES string of the molecule is O=C(c1ccccc1OCCN1CCOCC1)N1CC[C@]2(C1)CN(c1ccccc1)C(=O)O2. The van der Waals surface area contributed by atoms with E-state index in [1.807, 2.05) is 48.5 Å². The van der Waals surface area contributed by atoms with Gasteiger partial charge in [-0.05, 0) is 24.3 Å². The number of carbonyl (C=O) groups is 2. The minimum atomic E-state index is -0.672. The van der Waals surface area contributed by atoms with Gasteiger partial charge in [-0.1, -0.05) is 30.3 Å². The minimum Gasteiger partial charge on any atom is -0.491 e. The zero-order valence-corrected chi connectivity index (χ0v) is 18.7. The minimum absolute atomic E-state index is 0.0944. The summed E-state index contributed by atoms with van der Waals surface area (Å²) < 4.78 is 17.2. The first-order valence-corrected chi connectivity index (χ1v) is 11.5. The van der Waals surface area contributed by atoms with Gasteiger partial charge >= 0.3 is 6.09 Å². The van der Waals surface area contributed by atoms with E-state index in [2.05, 4.69) is 4.90 Å². The second-order valence-corrected chi connectivity index (χ2v) is 8.75. The average Bonchev–Trinajstić information content (AvgIpc) is 3.42. The van der Waals surface area contributed by atoms with Gasteiger partial charge in [0.1, 0.15) is 12.4 Å². The summed E-state index contributed by atoms with van der Waals surface area (Å²) in [4.78, 5) is 31.6. The number of amides is 2. The Bertz CT molecular complexity index is 995. The topological polar surface area (TPSA) is 71.5 Å². The van der Waals surface area contributed by atoms with Crippen molar-refractivity contribution in [1.29, 1.82) is 0 Å². The lowest BCUT2D eigenvalue weighted by atomic mass is 10.0. The van der Waals surface area contributed by atoms with Gasteiger partial charge in [-0.25, -0.2) is 4.79 Å². The number of nitrogens with zero attached hydrogens (tertiary/aromatic N) is 3. The first kappa shape index (κ1) is 21.7. The quantitative estimate of drug-likeness (QED) is 0.673. The first-order valence-electron chi connectivity index (χ1n) is 11.5. The van der Waals surface area contributed by atoms with Crippen LogP contribution in [0.15, 0.2) is 54.6 Å². The van der Waals surface area contributed by atoms with Crippen molar-refractivity contribution in [1.82, 2.24) is 9.80 Å². The van der Waals surface area contributed by atoms with Crippen LogP contribution < -0.4 is 9.64 Å². The molecular weight excluding hydrogens is 422 g/mol. The Morgan fingerprint density at radius 2 is 1.73 bits per heavy atom. The van der Waals surface area contributed by atoms with E-state index >= 15 is 0 Å². The number of benzene rings is 2. The van der Waals surface area contributed by atoms with E-state index in [1.54, 1.807) is 15.9 Å². The summed E-state index contributed by atoms with van der Waals surface area (Å²) >= 11 is 0. The normalized spacial score (nSPS) is 23.2. The van der Waals surface area contributed by atoms with Crippen molar-refractivity contribution in [2.45, 2.75) is 12.0 Å². The fraction of sp³-hybridized carbons (Fsp3) is 0.440. The fourth-order valence-electron chi connectivity index (χ4n) is 4.71. The van der Waals surface area contributed by atoms with E-state index in [0.717, 1.165) is 38.5 Å². The molecule has 0 aromatic heterocycles. The molecule has 0 aliphatic carbocycles. The molecule has 3 fully saturated rings. The molecule has 1 atom stereocenters. The average molecular weight is 452 g/mol. The molecule has 1 spiro atoms. The summed E-state index contributed by atoms with van der Waals surface area (Å²) in [5.41, 5.74) is 0.679. The standard InChI is InChI=1S/C25H29N3O5/c29-23(21-8-4-5-9-22(21)32-17-14-26-12-15-31-16-13-26)27-11-10-25(18-27)19-28(24(30)33-25)20-6-2-1-3-7-20/h1-9H,10-19H2/t25-/m0/s1. The van der Waals surface area contributed by atoms with Gasteiger partial charge in [-0.15, -0.1) is 0 Å². The van der Waals surface area contributed by atoms with Crippen LogP contribution in [0.1, 0.15) is 16.8 Å². The molecule has 0 radical (unpaired) electrons. The van der Waals surface area contributed by atoms with Gasteiger partial charge in [0.25, 0.3) is 5.91 Å². The third-order valence-corrected chi connectivity index (χ3v) is 6.53. The summed E-state index contributed by atoms with van der Waals surface area (Å²) in [5.74, 6) is 0.495. The highest BCUT2D eigenvalue weighted by atomic mass is 16.6. The molecule has 8 heteroatoms. The predicted molar refractivity (Wildman–Crippen MR) is 123 cm³/mol. The van der Waals surface area contributed by atoms with Crippen LogP contribution in [0.2, 0.25) is 0 Å². The molecule has 174 valence electrons. The van der Waals surface area contributed by atoms with E-state index in [0.29, 0.717) is 44.0 Å². The third kappa shape index (κ3) is 4.67. The second kappa shape index (κ2) is 9.41. The summed E-state index contributed by atoms with van der Waals surface area (Å²) in [6, 6.07) is 16.9. The zero-order chi connectivity index (χ0) is 22.7. The molecule has 2 amide bonds. The molecule has 8 nitrogen and oxygen atoms in total. The smallest absolute Gasteiger partial charge is 0.415 e. The van der Waals surface area contributed by atoms with Crippen LogP contribution in [-0.4, -0.2) is 86.5 Å². The van der Waals surface area contributed by atoms with Crippen molar-refractivity contribution in [2.24, 2.45) is 0 Å². The van der Waals surface area contributed by atoms with Gasteiger partial charge in [-0.3, -0.25) is 14.6 Å². The highest BCUT2D eigenvalue weighted by Crippen LogP contribution is 2.36. The Labute approximate surface area is 193 Å². The van der Waals surface area contributed by atoms with Crippen LogP contribution in [0.25, 0.3) is 0 Å². The molecule has 3 aliphatic rings. The van der Waals surface area contributed by atoms with Gasteiger partial charge in [0.15, 0.2) is 5.60 Å². The number of likely N-dealkylation sites (tertiary alicyclic amines) is 1. The highest BCUT2D eigenvalue weighted by Gasteiger charge is 2.51. The Hall–Kier alpha value is -3.10. The first-order chi connectivity index (χ1) is 16.1. The number of ether oxygens (including phenoxy) is 3. The van der Waals surface area contributed by atoms with Crippen LogP contribution in [-0.2, 0) is 9.47 Å². The maximum absolute atomic E-state index is 13.4. The molecular formula is C25H29N3O5. The van der Waals surface area contributed by atoms with Crippen LogP contribution in [0.5, 0.6) is 5.75 Å². The zero-order valence-electron chi connectivity index (χ0n) is 18.7. The Morgan fingerprint density at radius 1 is 0.970 bits per heavy atom. The van der Waals surface area contributed by atoms with E-state index in [-0.39, 0.29) is 12.0 Å². The molecule has 2 aromatic rings. The van der Waals surface area contributed by atoms with Crippen LogP contribution in [0.4, 0.5) is 10.5 Å². The maximum Gasteiger partial charge on any atom is 0.415 e. The number of anilines is 1. The van der Waals surface area contributed by atoms with E-state index in [4.69, 9.17) is 14.2 Å². The van der Waals surface area contributed by atoms with Crippen molar-refractivity contribution in [3.05, 3.63) is 60.2 Å². The molecule has 3 saturated heterocycles. The summed E-state index contributed by atoms with van der Waals surface area (Å²) in [6.45, 7) is 5.96. The van der Waals surface area contributed by atoms with Gasteiger partial charge in [0.2, 0.25) is 0 Å². The molecule has 0 saturated carbocycles. The predicted octanol–water partition coefficient (Wildman–Crippen LogP) is 2.64. The van der Waals surface area contributed by atoms with E-state index in [1.165, 1.54) is 0 Å². The van der Waals surface area contributed by atoms with Crippen molar-refractivity contribution in [3.63, 3.8) is 0 Å². The van der Waals surface area contributed by atoms with Crippen molar-refractivity contribution in [3.8, 4) is 5.75 Å². The summed E-state index contributed by atoms with van der Waals surface area (Å²) in [6.07, 6.45) is 0.260. The number of para-hydroxylation sites is 2. The Balaban J connectivity index is 1.22. The number of morpholine rings is 1.